The fraction of sp³-hybridized carbons (Fsp3) is 0.348. The van der Waals surface area contributed by atoms with Crippen molar-refractivity contribution >= 4 is 17.1 Å². The number of aryl methyl sites for hydroxylation is 1. The predicted octanol–water partition coefficient (Wildman–Crippen LogP) is 4.60. The van der Waals surface area contributed by atoms with Crippen molar-refractivity contribution in [3.05, 3.63) is 60.9 Å². The maximum absolute atomic E-state index is 12.6. The number of hydrogen-bond donors (Lipinski definition) is 0. The minimum Gasteiger partial charge on any atom is -0.494 e. The summed E-state index contributed by atoms with van der Waals surface area (Å²) in [5.74, 6) is 1.57. The van der Waals surface area contributed by atoms with Crippen LogP contribution >= 0.6 is 0 Å². The molecule has 0 radical (unpaired) electrons. The summed E-state index contributed by atoms with van der Waals surface area (Å²) in [6.07, 6.45) is 8.91. The second-order valence-electron chi connectivity index (χ2n) is 7.50. The summed E-state index contributed by atoms with van der Waals surface area (Å²) in [6.45, 7) is 0.684. The molecular formula is C23H25F2N5O2. The van der Waals surface area contributed by atoms with E-state index in [-0.39, 0.29) is 11.8 Å². The van der Waals surface area contributed by atoms with Crippen LogP contribution in [0.4, 0.5) is 25.8 Å². The number of alkyl halides is 2. The molecule has 3 aromatic rings. The van der Waals surface area contributed by atoms with E-state index >= 15 is 0 Å². The van der Waals surface area contributed by atoms with Crippen molar-refractivity contribution in [2.75, 3.05) is 30.0 Å². The average molecular weight is 441 g/mol. The van der Waals surface area contributed by atoms with E-state index in [4.69, 9.17) is 4.74 Å². The van der Waals surface area contributed by atoms with Gasteiger partial charge in [-0.2, -0.15) is 8.78 Å². The van der Waals surface area contributed by atoms with Gasteiger partial charge in [0.15, 0.2) is 0 Å². The molecule has 168 valence electrons. The zero-order chi connectivity index (χ0) is 22.5. The number of nitrogens with zero attached hydrogens (tertiary/aromatic N) is 5. The highest BCUT2D eigenvalue weighted by molar-refractivity contribution is 5.69. The van der Waals surface area contributed by atoms with Gasteiger partial charge in [-0.25, -0.2) is 9.97 Å². The number of aromatic nitrogens is 3. The molecule has 0 saturated carbocycles. The highest BCUT2D eigenvalue weighted by Crippen LogP contribution is 2.38. The number of pyridine rings is 1. The van der Waals surface area contributed by atoms with Crippen molar-refractivity contribution in [1.29, 1.82) is 0 Å². The molecule has 1 fully saturated rings. The standard InChI is InChI=1S/C23H25F2N5O2/c1-16-27-13-19(14-28-16)29-11-8-18(9-12-29)30(21-15-26-10-7-22(21)31-2)17-3-5-20(6-4-17)32-23(24)25/h3-7,10,13-15,18,23H,8-9,11-12H2,1-2H3. The fourth-order valence-electron chi connectivity index (χ4n) is 3.99. The molecule has 1 aliphatic rings. The van der Waals surface area contributed by atoms with E-state index in [1.54, 1.807) is 43.8 Å². The van der Waals surface area contributed by atoms with Crippen molar-refractivity contribution in [1.82, 2.24) is 15.0 Å². The van der Waals surface area contributed by atoms with Gasteiger partial charge in [-0.1, -0.05) is 0 Å². The third-order valence-electron chi connectivity index (χ3n) is 5.54. The van der Waals surface area contributed by atoms with Gasteiger partial charge in [0.05, 0.1) is 31.4 Å². The molecule has 1 aliphatic heterocycles. The summed E-state index contributed by atoms with van der Waals surface area (Å²) >= 11 is 0. The zero-order valence-corrected chi connectivity index (χ0v) is 18.0. The maximum atomic E-state index is 12.6. The Hall–Kier alpha value is -3.49. The molecule has 0 amide bonds. The van der Waals surface area contributed by atoms with E-state index in [0.29, 0.717) is 5.75 Å². The van der Waals surface area contributed by atoms with Gasteiger partial charge < -0.3 is 19.3 Å². The summed E-state index contributed by atoms with van der Waals surface area (Å²) in [7, 11) is 1.62. The van der Waals surface area contributed by atoms with Crippen molar-refractivity contribution in [3.63, 3.8) is 0 Å². The normalized spacial score (nSPS) is 14.5. The Kier molecular flexibility index (Phi) is 6.63. The quantitative estimate of drug-likeness (QED) is 0.531. The van der Waals surface area contributed by atoms with Crippen molar-refractivity contribution in [2.45, 2.75) is 32.4 Å². The number of piperidine rings is 1. The second kappa shape index (κ2) is 9.76. The van der Waals surface area contributed by atoms with Crippen LogP contribution in [0.5, 0.6) is 11.5 Å². The van der Waals surface area contributed by atoms with Crippen molar-refractivity contribution in [3.8, 4) is 11.5 Å². The van der Waals surface area contributed by atoms with E-state index in [2.05, 4.69) is 29.5 Å². The highest BCUT2D eigenvalue weighted by Gasteiger charge is 2.28. The molecule has 1 saturated heterocycles. The number of methoxy groups -OCH3 is 1. The topological polar surface area (TPSA) is 63.6 Å². The SMILES string of the molecule is COc1ccncc1N(c1ccc(OC(F)F)cc1)C1CCN(c2cnc(C)nc2)CC1. The summed E-state index contributed by atoms with van der Waals surface area (Å²) in [5.41, 5.74) is 2.69. The monoisotopic (exact) mass is 441 g/mol. The van der Waals surface area contributed by atoms with Crippen LogP contribution in [-0.4, -0.2) is 47.8 Å². The van der Waals surface area contributed by atoms with Crippen LogP contribution in [0, 0.1) is 6.92 Å². The van der Waals surface area contributed by atoms with E-state index in [9.17, 15) is 8.78 Å². The van der Waals surface area contributed by atoms with Crippen LogP contribution in [0.3, 0.4) is 0 Å². The highest BCUT2D eigenvalue weighted by atomic mass is 19.3. The summed E-state index contributed by atoms with van der Waals surface area (Å²) in [6, 6.07) is 8.65. The summed E-state index contributed by atoms with van der Waals surface area (Å²) in [4.78, 5) is 17.3. The number of ether oxygens (including phenoxy) is 2. The van der Waals surface area contributed by atoms with E-state index in [1.165, 1.54) is 0 Å². The van der Waals surface area contributed by atoms with E-state index in [1.807, 2.05) is 25.4 Å². The Bertz CT molecular complexity index is 1010. The van der Waals surface area contributed by atoms with Gasteiger partial charge in [0.25, 0.3) is 0 Å². The molecule has 0 spiro atoms. The predicted molar refractivity (Wildman–Crippen MR) is 118 cm³/mol. The van der Waals surface area contributed by atoms with Crippen LogP contribution in [0.15, 0.2) is 55.1 Å². The Morgan fingerprint density at radius 2 is 1.72 bits per heavy atom. The van der Waals surface area contributed by atoms with Crippen molar-refractivity contribution in [2.24, 2.45) is 0 Å². The molecule has 4 rings (SSSR count). The number of benzene rings is 1. The molecule has 7 nitrogen and oxygen atoms in total. The lowest BCUT2D eigenvalue weighted by atomic mass is 10.0. The van der Waals surface area contributed by atoms with Gasteiger partial charge in [-0.15, -0.1) is 0 Å². The number of hydrogen-bond acceptors (Lipinski definition) is 7. The molecular weight excluding hydrogens is 416 g/mol. The molecule has 9 heteroatoms. The smallest absolute Gasteiger partial charge is 0.387 e. The molecule has 0 aliphatic carbocycles. The van der Waals surface area contributed by atoms with E-state index in [0.717, 1.165) is 48.8 Å². The average Bonchev–Trinajstić information content (AvgIpc) is 2.81. The Morgan fingerprint density at radius 1 is 1.03 bits per heavy atom. The fourth-order valence-corrected chi connectivity index (χ4v) is 3.99. The van der Waals surface area contributed by atoms with Crippen LogP contribution in [-0.2, 0) is 0 Å². The first-order valence-electron chi connectivity index (χ1n) is 10.4. The summed E-state index contributed by atoms with van der Waals surface area (Å²) < 4.78 is 35.2. The van der Waals surface area contributed by atoms with Gasteiger partial charge in [0, 0.05) is 37.1 Å². The molecule has 0 atom stereocenters. The first kappa shape index (κ1) is 21.7. The lowest BCUT2D eigenvalue weighted by Crippen LogP contribution is -2.43. The van der Waals surface area contributed by atoms with Crippen LogP contribution in [0.2, 0.25) is 0 Å². The van der Waals surface area contributed by atoms with Crippen molar-refractivity contribution < 1.29 is 18.3 Å². The zero-order valence-electron chi connectivity index (χ0n) is 18.0. The maximum Gasteiger partial charge on any atom is 0.387 e. The van der Waals surface area contributed by atoms with Crippen LogP contribution in [0.1, 0.15) is 18.7 Å². The third-order valence-corrected chi connectivity index (χ3v) is 5.54. The van der Waals surface area contributed by atoms with Gasteiger partial charge in [-0.05, 0) is 44.0 Å². The molecule has 2 aromatic heterocycles. The molecule has 1 aromatic carbocycles. The Labute approximate surface area is 185 Å². The number of rotatable bonds is 7. The third kappa shape index (κ3) is 4.87. The Morgan fingerprint density at radius 3 is 2.34 bits per heavy atom. The van der Waals surface area contributed by atoms with Gasteiger partial charge in [0.2, 0.25) is 0 Å². The molecule has 32 heavy (non-hydrogen) atoms. The van der Waals surface area contributed by atoms with Crippen LogP contribution < -0.4 is 19.3 Å². The number of halogens is 2. The first-order valence-corrected chi connectivity index (χ1v) is 10.4. The van der Waals surface area contributed by atoms with Gasteiger partial charge >= 0.3 is 6.61 Å². The van der Waals surface area contributed by atoms with Gasteiger partial charge in [0.1, 0.15) is 23.0 Å². The molecule has 0 unspecified atom stereocenters. The minimum absolute atomic E-state index is 0.121. The molecule has 0 N–H and O–H groups in total. The minimum atomic E-state index is -2.86. The lowest BCUT2D eigenvalue weighted by molar-refractivity contribution is -0.0498. The number of anilines is 3. The largest absolute Gasteiger partial charge is 0.494 e. The second-order valence-corrected chi connectivity index (χ2v) is 7.50. The lowest BCUT2D eigenvalue weighted by Gasteiger charge is -2.40. The van der Waals surface area contributed by atoms with E-state index < -0.39 is 6.61 Å². The van der Waals surface area contributed by atoms with Crippen LogP contribution in [0.25, 0.3) is 0 Å². The summed E-state index contributed by atoms with van der Waals surface area (Å²) in [5, 5.41) is 0. The van der Waals surface area contributed by atoms with Gasteiger partial charge in [-0.3, -0.25) is 4.98 Å². The molecule has 0 bridgehead atoms. The molecule has 3 heterocycles. The first-order chi connectivity index (χ1) is 15.5. The Balaban J connectivity index is 1.59.